The van der Waals surface area contributed by atoms with Gasteiger partial charge < -0.3 is 9.47 Å². The summed E-state index contributed by atoms with van der Waals surface area (Å²) in [6.07, 6.45) is 0.625. The standard InChI is InChI=1S/C22H21NO4S/c1-14(24)10-15-4-6-16(7-5-15)19(25)12-22-23-18(13-28-22)17-8-9-20(26-2)21(11-17)27-3/h4-9,11,13H,10,12H2,1-3H3. The SMILES string of the molecule is COc1ccc(-c2csc(CC(=O)c3ccc(CC(C)=O)cc3)n2)cc1OC. The average molecular weight is 395 g/mol. The van der Waals surface area contributed by atoms with E-state index in [1.54, 1.807) is 33.3 Å². The van der Waals surface area contributed by atoms with Crippen LogP contribution in [0, 0.1) is 0 Å². The van der Waals surface area contributed by atoms with E-state index in [1.165, 1.54) is 11.3 Å². The Labute approximate surface area is 168 Å². The quantitative estimate of drug-likeness (QED) is 0.530. The van der Waals surface area contributed by atoms with Crippen molar-refractivity contribution in [1.29, 1.82) is 0 Å². The van der Waals surface area contributed by atoms with E-state index in [2.05, 4.69) is 4.98 Å². The summed E-state index contributed by atoms with van der Waals surface area (Å²) in [5.41, 5.74) is 3.23. The number of carbonyl (C=O) groups is 2. The maximum Gasteiger partial charge on any atom is 0.169 e. The van der Waals surface area contributed by atoms with Gasteiger partial charge in [0.25, 0.3) is 0 Å². The van der Waals surface area contributed by atoms with Gasteiger partial charge in [-0.3, -0.25) is 9.59 Å². The number of carbonyl (C=O) groups excluding carboxylic acids is 2. The van der Waals surface area contributed by atoms with Crippen LogP contribution < -0.4 is 9.47 Å². The van der Waals surface area contributed by atoms with Crippen LogP contribution in [0.5, 0.6) is 11.5 Å². The predicted octanol–water partition coefficient (Wildman–Crippen LogP) is 4.38. The average Bonchev–Trinajstić information content (AvgIpc) is 3.16. The third-order valence-electron chi connectivity index (χ3n) is 4.27. The van der Waals surface area contributed by atoms with E-state index in [0.717, 1.165) is 21.8 Å². The summed E-state index contributed by atoms with van der Waals surface area (Å²) >= 11 is 1.45. The molecule has 3 aromatic rings. The number of nitrogens with zero attached hydrogens (tertiary/aromatic N) is 1. The molecule has 0 atom stereocenters. The first kappa shape index (κ1) is 19.8. The first-order valence-corrected chi connectivity index (χ1v) is 9.66. The second-order valence-electron chi connectivity index (χ2n) is 6.37. The number of hydrogen-bond acceptors (Lipinski definition) is 6. The number of ether oxygens (including phenoxy) is 2. The van der Waals surface area contributed by atoms with E-state index < -0.39 is 0 Å². The van der Waals surface area contributed by atoms with Crippen molar-refractivity contribution in [2.45, 2.75) is 19.8 Å². The molecule has 0 aliphatic carbocycles. The lowest BCUT2D eigenvalue weighted by Gasteiger charge is -2.08. The molecular weight excluding hydrogens is 374 g/mol. The van der Waals surface area contributed by atoms with Gasteiger partial charge in [-0.2, -0.15) is 0 Å². The van der Waals surface area contributed by atoms with E-state index in [9.17, 15) is 9.59 Å². The summed E-state index contributed by atoms with van der Waals surface area (Å²) in [4.78, 5) is 28.3. The second kappa shape index (κ2) is 8.80. The van der Waals surface area contributed by atoms with Crippen LogP contribution in [0.4, 0.5) is 0 Å². The molecule has 0 aliphatic rings. The molecule has 0 saturated carbocycles. The van der Waals surface area contributed by atoms with Gasteiger partial charge in [-0.25, -0.2) is 4.98 Å². The largest absolute Gasteiger partial charge is 0.493 e. The van der Waals surface area contributed by atoms with Crippen molar-refractivity contribution in [2.75, 3.05) is 14.2 Å². The van der Waals surface area contributed by atoms with Crippen LogP contribution >= 0.6 is 11.3 Å². The fourth-order valence-corrected chi connectivity index (χ4v) is 3.66. The molecule has 5 nitrogen and oxygen atoms in total. The van der Waals surface area contributed by atoms with Crippen molar-refractivity contribution in [3.63, 3.8) is 0 Å². The van der Waals surface area contributed by atoms with Crippen LogP contribution in [-0.4, -0.2) is 30.8 Å². The van der Waals surface area contributed by atoms with Crippen LogP contribution in [0.3, 0.4) is 0 Å². The molecule has 0 amide bonds. The van der Waals surface area contributed by atoms with Crippen molar-refractivity contribution in [1.82, 2.24) is 4.98 Å². The Morgan fingerprint density at radius 2 is 1.68 bits per heavy atom. The number of rotatable bonds is 8. The molecule has 0 saturated heterocycles. The molecule has 0 bridgehead atoms. The Balaban J connectivity index is 1.72. The highest BCUT2D eigenvalue weighted by Crippen LogP contribution is 2.32. The van der Waals surface area contributed by atoms with Crippen molar-refractivity contribution in [3.8, 4) is 22.8 Å². The highest BCUT2D eigenvalue weighted by atomic mass is 32.1. The van der Waals surface area contributed by atoms with Gasteiger partial charge in [0.1, 0.15) is 10.8 Å². The minimum Gasteiger partial charge on any atom is -0.493 e. The summed E-state index contributed by atoms with van der Waals surface area (Å²) in [5.74, 6) is 1.40. The lowest BCUT2D eigenvalue weighted by molar-refractivity contribution is -0.116. The molecular formula is C22H21NO4S. The first-order chi connectivity index (χ1) is 13.5. The molecule has 2 aromatic carbocycles. The molecule has 0 fully saturated rings. The molecule has 1 heterocycles. The molecule has 0 spiro atoms. The Hall–Kier alpha value is -2.99. The van der Waals surface area contributed by atoms with Crippen molar-refractivity contribution in [2.24, 2.45) is 0 Å². The fraction of sp³-hybridized carbons (Fsp3) is 0.227. The third kappa shape index (κ3) is 4.64. The highest BCUT2D eigenvalue weighted by Gasteiger charge is 2.13. The Bertz CT molecular complexity index is 992. The van der Waals surface area contributed by atoms with Gasteiger partial charge in [0.15, 0.2) is 17.3 Å². The molecule has 6 heteroatoms. The molecule has 144 valence electrons. The van der Waals surface area contributed by atoms with Gasteiger partial charge in [0, 0.05) is 22.9 Å². The zero-order valence-corrected chi connectivity index (χ0v) is 16.8. The first-order valence-electron chi connectivity index (χ1n) is 8.78. The van der Waals surface area contributed by atoms with Gasteiger partial charge in [-0.15, -0.1) is 11.3 Å². The maximum absolute atomic E-state index is 12.5. The van der Waals surface area contributed by atoms with Gasteiger partial charge in [0.05, 0.1) is 26.3 Å². The zero-order chi connectivity index (χ0) is 20.1. The molecule has 28 heavy (non-hydrogen) atoms. The van der Waals surface area contributed by atoms with Crippen LogP contribution in [0.1, 0.15) is 27.9 Å². The normalized spacial score (nSPS) is 10.5. The topological polar surface area (TPSA) is 65.5 Å². The lowest BCUT2D eigenvalue weighted by atomic mass is 10.0. The number of methoxy groups -OCH3 is 2. The monoisotopic (exact) mass is 395 g/mol. The molecule has 0 unspecified atom stereocenters. The molecule has 0 radical (unpaired) electrons. The van der Waals surface area contributed by atoms with Gasteiger partial charge in [0.2, 0.25) is 0 Å². The number of hydrogen-bond donors (Lipinski definition) is 0. The van der Waals surface area contributed by atoms with E-state index in [4.69, 9.17) is 9.47 Å². The Morgan fingerprint density at radius 3 is 2.32 bits per heavy atom. The number of aromatic nitrogens is 1. The molecule has 3 rings (SSSR count). The lowest BCUT2D eigenvalue weighted by Crippen LogP contribution is -2.04. The highest BCUT2D eigenvalue weighted by molar-refractivity contribution is 7.10. The second-order valence-corrected chi connectivity index (χ2v) is 7.31. The number of ketones is 2. The van der Waals surface area contributed by atoms with Crippen LogP contribution in [0.15, 0.2) is 47.8 Å². The summed E-state index contributed by atoms with van der Waals surface area (Å²) < 4.78 is 10.6. The Kier molecular flexibility index (Phi) is 6.21. The summed E-state index contributed by atoms with van der Waals surface area (Å²) in [5, 5.41) is 2.68. The molecule has 1 aromatic heterocycles. The zero-order valence-electron chi connectivity index (χ0n) is 16.0. The minimum absolute atomic E-state index is 0.00239. The third-order valence-corrected chi connectivity index (χ3v) is 5.12. The van der Waals surface area contributed by atoms with Crippen molar-refractivity contribution >= 4 is 22.9 Å². The van der Waals surface area contributed by atoms with Gasteiger partial charge in [-0.1, -0.05) is 24.3 Å². The van der Waals surface area contributed by atoms with E-state index in [0.29, 0.717) is 23.5 Å². The smallest absolute Gasteiger partial charge is 0.169 e. The van der Waals surface area contributed by atoms with Crippen LogP contribution in [-0.2, 0) is 17.6 Å². The van der Waals surface area contributed by atoms with Gasteiger partial charge >= 0.3 is 0 Å². The summed E-state index contributed by atoms with van der Waals surface area (Å²) in [6.45, 7) is 1.55. The maximum atomic E-state index is 12.5. The van der Waals surface area contributed by atoms with E-state index >= 15 is 0 Å². The predicted molar refractivity (Wildman–Crippen MR) is 110 cm³/mol. The Morgan fingerprint density at radius 1 is 0.964 bits per heavy atom. The number of Topliss-reactive ketones (excluding diaryl/α,β-unsaturated/α-hetero) is 2. The van der Waals surface area contributed by atoms with Crippen molar-refractivity contribution in [3.05, 3.63) is 64.0 Å². The minimum atomic E-state index is 0.00239. The van der Waals surface area contributed by atoms with Crippen LogP contribution in [0.2, 0.25) is 0 Å². The summed E-state index contributed by atoms with van der Waals surface area (Å²) in [7, 11) is 3.19. The number of benzene rings is 2. The van der Waals surface area contributed by atoms with Crippen LogP contribution in [0.25, 0.3) is 11.3 Å². The van der Waals surface area contributed by atoms with Gasteiger partial charge in [-0.05, 0) is 30.7 Å². The van der Waals surface area contributed by atoms with E-state index in [-0.39, 0.29) is 18.0 Å². The number of thiazole rings is 1. The molecule has 0 N–H and O–H groups in total. The fourth-order valence-electron chi connectivity index (χ4n) is 2.86. The van der Waals surface area contributed by atoms with E-state index in [1.807, 2.05) is 35.7 Å². The van der Waals surface area contributed by atoms with Crippen molar-refractivity contribution < 1.29 is 19.1 Å². The summed E-state index contributed by atoms with van der Waals surface area (Å²) in [6, 6.07) is 12.8. The molecule has 0 aliphatic heterocycles.